The maximum Gasteiger partial charge on any atom is 0.472 e. The Morgan fingerprint density at radius 1 is 0.290 bits per heavy atom. The lowest BCUT2D eigenvalue weighted by Crippen LogP contribution is -2.30. The lowest BCUT2D eigenvalue weighted by molar-refractivity contribution is -0.161. The first-order valence-corrected chi connectivity index (χ1v) is 41.5. The van der Waals surface area contributed by atoms with E-state index in [2.05, 4.69) is 41.5 Å². The lowest BCUT2D eigenvalue weighted by atomic mass is 10.0. The predicted molar refractivity (Wildman–Crippen MR) is 377 cm³/mol. The number of esters is 4. The number of aliphatic hydroxyl groups is 1. The highest BCUT2D eigenvalue weighted by Crippen LogP contribution is 2.45. The summed E-state index contributed by atoms with van der Waals surface area (Å²) < 4.78 is 68.4. The van der Waals surface area contributed by atoms with Gasteiger partial charge in [-0.3, -0.25) is 37.3 Å². The molecule has 0 fully saturated rings. The van der Waals surface area contributed by atoms with Crippen molar-refractivity contribution in [1.82, 2.24) is 0 Å². The lowest BCUT2D eigenvalue weighted by Gasteiger charge is -2.21. The van der Waals surface area contributed by atoms with Gasteiger partial charge in [0.15, 0.2) is 12.2 Å². The number of phosphoric ester groups is 2. The van der Waals surface area contributed by atoms with Crippen molar-refractivity contribution in [3.63, 3.8) is 0 Å². The van der Waals surface area contributed by atoms with Crippen LogP contribution < -0.4 is 0 Å². The maximum absolute atomic E-state index is 13.1. The number of hydrogen-bond donors (Lipinski definition) is 3. The van der Waals surface area contributed by atoms with Gasteiger partial charge in [-0.05, 0) is 37.5 Å². The highest BCUT2D eigenvalue weighted by atomic mass is 31.2. The van der Waals surface area contributed by atoms with Crippen LogP contribution in [0.1, 0.15) is 382 Å². The van der Waals surface area contributed by atoms with Crippen LogP contribution >= 0.6 is 15.6 Å². The zero-order valence-electron chi connectivity index (χ0n) is 60.6. The Kier molecular flexibility index (Phi) is 64.6. The smallest absolute Gasteiger partial charge is 0.462 e. The van der Waals surface area contributed by atoms with Crippen LogP contribution in [0.3, 0.4) is 0 Å². The standard InChI is InChI=1S/C74H144O17P2/c1-7-9-11-13-15-17-18-19-20-21-22-23-24-25-26-27-34-40-46-52-58-73(78)90-70(63-85-72(77)57-51-45-39-33-29-28-31-36-42-48-54-66(3)4)65-89-93(82,83)87-61-68(75)60-86-92(80,81)88-64-69(62-84-71(76)56-50-44-38-16-14-12-10-8-2)91-74(79)59-53-47-41-35-30-32-37-43-49-55-67(5)6/h66-70,75H,7-65H2,1-6H3,(H,80,81)(H,82,83)/t68-,69+,70+/m0/s1. The maximum atomic E-state index is 13.1. The molecule has 93 heavy (non-hydrogen) atoms. The third kappa shape index (κ3) is 68.4. The van der Waals surface area contributed by atoms with Crippen molar-refractivity contribution >= 4 is 39.5 Å². The highest BCUT2D eigenvalue weighted by molar-refractivity contribution is 7.47. The quantitative estimate of drug-likeness (QED) is 0.0222. The fourth-order valence-corrected chi connectivity index (χ4v) is 12.9. The van der Waals surface area contributed by atoms with E-state index in [1.807, 2.05) is 0 Å². The molecular weight excluding hydrogens is 1220 g/mol. The second-order valence-corrected chi connectivity index (χ2v) is 30.5. The van der Waals surface area contributed by atoms with Gasteiger partial charge in [0.1, 0.15) is 19.3 Å². The molecule has 0 heterocycles. The molecule has 0 bridgehead atoms. The first kappa shape index (κ1) is 91.1. The van der Waals surface area contributed by atoms with E-state index in [1.165, 1.54) is 193 Å². The van der Waals surface area contributed by atoms with Crippen molar-refractivity contribution in [2.45, 2.75) is 400 Å². The second kappa shape index (κ2) is 66.0. The minimum Gasteiger partial charge on any atom is -0.462 e. The fraction of sp³-hybridized carbons (Fsp3) is 0.946. The van der Waals surface area contributed by atoms with E-state index in [-0.39, 0.29) is 25.7 Å². The molecule has 0 amide bonds. The van der Waals surface area contributed by atoms with E-state index in [4.69, 9.17) is 37.0 Å². The molecule has 2 unspecified atom stereocenters. The molecule has 0 aromatic carbocycles. The second-order valence-electron chi connectivity index (χ2n) is 27.6. The normalized spacial score (nSPS) is 14.1. The number of carbonyl (C=O) groups is 4. The summed E-state index contributed by atoms with van der Waals surface area (Å²) in [5, 5.41) is 10.6. The summed E-state index contributed by atoms with van der Waals surface area (Å²) in [5.41, 5.74) is 0. The Hall–Kier alpha value is -1.94. The van der Waals surface area contributed by atoms with Crippen LogP contribution in [0, 0.1) is 11.8 Å². The van der Waals surface area contributed by atoms with Gasteiger partial charge in [0.25, 0.3) is 0 Å². The van der Waals surface area contributed by atoms with Crippen molar-refractivity contribution in [2.75, 3.05) is 39.6 Å². The Morgan fingerprint density at radius 2 is 0.495 bits per heavy atom. The van der Waals surface area contributed by atoms with Gasteiger partial charge in [-0.2, -0.15) is 0 Å². The molecule has 0 aromatic heterocycles. The van der Waals surface area contributed by atoms with Gasteiger partial charge < -0.3 is 33.8 Å². The predicted octanol–water partition coefficient (Wildman–Crippen LogP) is 21.6. The SMILES string of the molecule is CCCCCCCCCCCCCCCCCCCCCCC(=O)O[C@H](COC(=O)CCCCCCCCCCCCC(C)C)COP(=O)(O)OC[C@@H](O)COP(=O)(O)OC[C@@H](COC(=O)CCCCCCCCCC)OC(=O)CCCCCCCCCCCC(C)C. The third-order valence-electron chi connectivity index (χ3n) is 17.2. The Morgan fingerprint density at radius 3 is 0.731 bits per heavy atom. The Balaban J connectivity index is 5.19. The molecule has 0 radical (unpaired) electrons. The molecule has 0 aliphatic heterocycles. The van der Waals surface area contributed by atoms with Crippen LogP contribution in [0.4, 0.5) is 0 Å². The first-order valence-electron chi connectivity index (χ1n) is 38.5. The summed E-state index contributed by atoms with van der Waals surface area (Å²) in [6.07, 6.45) is 52.9. The Bertz CT molecular complexity index is 1800. The van der Waals surface area contributed by atoms with Gasteiger partial charge >= 0.3 is 39.5 Å². The summed E-state index contributed by atoms with van der Waals surface area (Å²) >= 11 is 0. The van der Waals surface area contributed by atoms with Gasteiger partial charge in [-0.25, -0.2) is 9.13 Å². The molecule has 552 valence electrons. The van der Waals surface area contributed by atoms with Crippen LogP contribution in [-0.2, 0) is 65.4 Å². The number of unbranched alkanes of at least 4 members (excludes halogenated alkanes) is 43. The third-order valence-corrected chi connectivity index (χ3v) is 19.1. The summed E-state index contributed by atoms with van der Waals surface area (Å²) in [7, 11) is -9.90. The average molecular weight is 1370 g/mol. The minimum absolute atomic E-state index is 0.105. The van der Waals surface area contributed by atoms with Crippen LogP contribution in [0.2, 0.25) is 0 Å². The summed E-state index contributed by atoms with van der Waals surface area (Å²) in [6.45, 7) is 9.52. The van der Waals surface area contributed by atoms with Crippen molar-refractivity contribution in [2.24, 2.45) is 11.8 Å². The van der Waals surface area contributed by atoms with E-state index in [1.54, 1.807) is 0 Å². The number of carbonyl (C=O) groups excluding carboxylic acids is 4. The molecule has 0 aliphatic rings. The zero-order chi connectivity index (χ0) is 68.6. The van der Waals surface area contributed by atoms with Crippen LogP contribution in [-0.4, -0.2) is 96.7 Å². The first-order chi connectivity index (χ1) is 44.9. The fourth-order valence-electron chi connectivity index (χ4n) is 11.3. The van der Waals surface area contributed by atoms with E-state index < -0.39 is 97.5 Å². The summed E-state index contributed by atoms with van der Waals surface area (Å²) in [4.78, 5) is 72.6. The molecule has 5 atom stereocenters. The van der Waals surface area contributed by atoms with Crippen molar-refractivity contribution in [1.29, 1.82) is 0 Å². The van der Waals surface area contributed by atoms with E-state index in [0.717, 1.165) is 108 Å². The topological polar surface area (TPSA) is 237 Å². The molecule has 19 heteroatoms. The van der Waals surface area contributed by atoms with Crippen molar-refractivity contribution in [3.05, 3.63) is 0 Å². The molecule has 0 rings (SSSR count). The zero-order valence-corrected chi connectivity index (χ0v) is 62.3. The molecule has 3 N–H and O–H groups in total. The molecule has 0 saturated heterocycles. The van der Waals surface area contributed by atoms with Gasteiger partial charge in [-0.1, -0.05) is 330 Å². The van der Waals surface area contributed by atoms with Crippen molar-refractivity contribution in [3.8, 4) is 0 Å². The van der Waals surface area contributed by atoms with E-state index in [9.17, 15) is 43.2 Å². The number of aliphatic hydroxyl groups excluding tert-OH is 1. The number of rotatable bonds is 73. The van der Waals surface area contributed by atoms with Crippen LogP contribution in [0.5, 0.6) is 0 Å². The molecule has 0 aliphatic carbocycles. The average Bonchev–Trinajstić information content (AvgIpc) is 2.10. The largest absolute Gasteiger partial charge is 0.472 e. The molecule has 17 nitrogen and oxygen atoms in total. The van der Waals surface area contributed by atoms with Gasteiger partial charge in [-0.15, -0.1) is 0 Å². The van der Waals surface area contributed by atoms with Crippen LogP contribution in [0.15, 0.2) is 0 Å². The highest BCUT2D eigenvalue weighted by Gasteiger charge is 2.30. The summed E-state index contributed by atoms with van der Waals surface area (Å²) in [5.74, 6) is -0.627. The Labute approximate surface area is 568 Å². The molecule has 0 saturated carbocycles. The van der Waals surface area contributed by atoms with E-state index >= 15 is 0 Å². The molecular formula is C74H144O17P2. The van der Waals surface area contributed by atoms with E-state index in [0.29, 0.717) is 25.7 Å². The van der Waals surface area contributed by atoms with Gasteiger partial charge in [0, 0.05) is 25.7 Å². The monoisotopic (exact) mass is 1370 g/mol. The number of phosphoric acid groups is 2. The van der Waals surface area contributed by atoms with Crippen molar-refractivity contribution < 1.29 is 80.2 Å². The minimum atomic E-state index is -4.95. The number of hydrogen-bond acceptors (Lipinski definition) is 15. The van der Waals surface area contributed by atoms with Crippen LogP contribution in [0.25, 0.3) is 0 Å². The number of ether oxygens (including phenoxy) is 4. The van der Waals surface area contributed by atoms with Gasteiger partial charge in [0.05, 0.1) is 26.4 Å². The molecule has 0 spiro atoms. The molecule has 0 aromatic rings. The van der Waals surface area contributed by atoms with Gasteiger partial charge in [0.2, 0.25) is 0 Å². The summed E-state index contributed by atoms with van der Waals surface area (Å²) in [6, 6.07) is 0.